The van der Waals surface area contributed by atoms with E-state index >= 15 is 0 Å². The molecule has 38 heavy (non-hydrogen) atoms. The molecule has 0 aromatic carbocycles. The van der Waals surface area contributed by atoms with Gasteiger partial charge in [0.15, 0.2) is 10.9 Å². The second-order valence-corrected chi connectivity index (χ2v) is 12.8. The molecular weight excluding hydrogens is 498 g/mol. The third-order valence-corrected chi connectivity index (χ3v) is 11.0. The van der Waals surface area contributed by atoms with E-state index < -0.39 is 17.1 Å². The molecule has 4 aliphatic carbocycles. The molecule has 8 nitrogen and oxygen atoms in total. The van der Waals surface area contributed by atoms with E-state index in [1.807, 2.05) is 6.92 Å². The molecule has 5 unspecified atom stereocenters. The standard InChI is InChI=1S/C29H37N5O3S/c1-27-14-18(16-31)22(32-10-3-9-30)13-19(27)5-6-20-21-7-8-29(37,28(21,2)15-23(35)25(20)27)24(36)17-38-26-33-11-4-12-34-26/h4,11-13,16,20-21,23,25,31-32,35,37H,3,5-8,10,14-15,17H2,1-2H3/t20?,21?,23-,25?,27?,28?,29-/m0/s1. The molecule has 1 aromatic heterocycles. The second-order valence-electron chi connectivity index (χ2n) is 11.8. The summed E-state index contributed by atoms with van der Waals surface area (Å²) in [6, 6.07) is 3.88. The number of aromatic nitrogens is 2. The van der Waals surface area contributed by atoms with Crippen molar-refractivity contribution in [1.29, 1.82) is 10.7 Å². The number of Topliss-reactive ketones (excluding diaryl/α,β-unsaturated/α-hetero) is 1. The van der Waals surface area contributed by atoms with Crippen LogP contribution in [0.1, 0.15) is 58.8 Å². The Morgan fingerprint density at radius 2 is 2.11 bits per heavy atom. The van der Waals surface area contributed by atoms with Gasteiger partial charge in [-0.2, -0.15) is 5.26 Å². The zero-order chi connectivity index (χ0) is 27.1. The van der Waals surface area contributed by atoms with Crippen LogP contribution >= 0.6 is 11.8 Å². The zero-order valence-electron chi connectivity index (χ0n) is 22.1. The Balaban J connectivity index is 1.38. The summed E-state index contributed by atoms with van der Waals surface area (Å²) in [5.41, 5.74) is 0.634. The third kappa shape index (κ3) is 4.21. The Hall–Kier alpha value is -2.54. The number of carbonyl (C=O) groups excluding carboxylic acids is 1. The Bertz CT molecular complexity index is 1210. The average Bonchev–Trinajstić information content (AvgIpc) is 3.18. The van der Waals surface area contributed by atoms with Gasteiger partial charge in [-0.15, -0.1) is 0 Å². The highest BCUT2D eigenvalue weighted by atomic mass is 32.2. The van der Waals surface area contributed by atoms with E-state index in [0.29, 0.717) is 37.4 Å². The number of carbonyl (C=O) groups is 1. The summed E-state index contributed by atoms with van der Waals surface area (Å²) >= 11 is 1.25. The van der Waals surface area contributed by atoms with Gasteiger partial charge in [-0.1, -0.05) is 31.2 Å². The van der Waals surface area contributed by atoms with Crippen LogP contribution in [0, 0.1) is 45.3 Å². The van der Waals surface area contributed by atoms with E-state index in [1.54, 1.807) is 18.5 Å². The number of nitrogens with one attached hydrogen (secondary N) is 2. The van der Waals surface area contributed by atoms with Crippen molar-refractivity contribution in [3.8, 4) is 6.07 Å². The van der Waals surface area contributed by atoms with Crippen LogP contribution in [0.2, 0.25) is 0 Å². The number of nitriles is 1. The Morgan fingerprint density at radius 3 is 2.82 bits per heavy atom. The summed E-state index contributed by atoms with van der Waals surface area (Å²) in [4.78, 5) is 21.9. The number of hydrogen-bond acceptors (Lipinski definition) is 9. The molecule has 9 heteroatoms. The van der Waals surface area contributed by atoms with Crippen molar-refractivity contribution in [1.82, 2.24) is 15.3 Å². The molecule has 0 aliphatic heterocycles. The van der Waals surface area contributed by atoms with Crippen molar-refractivity contribution in [3.63, 3.8) is 0 Å². The van der Waals surface area contributed by atoms with Crippen molar-refractivity contribution < 1.29 is 15.0 Å². The highest BCUT2D eigenvalue weighted by Gasteiger charge is 2.68. The maximum absolute atomic E-state index is 13.5. The van der Waals surface area contributed by atoms with Crippen LogP contribution < -0.4 is 5.32 Å². The van der Waals surface area contributed by atoms with E-state index in [-0.39, 0.29) is 34.7 Å². The number of nitrogens with zero attached hydrogens (tertiary/aromatic N) is 3. The highest BCUT2D eigenvalue weighted by molar-refractivity contribution is 7.99. The van der Waals surface area contributed by atoms with Crippen molar-refractivity contribution in [3.05, 3.63) is 41.4 Å². The van der Waals surface area contributed by atoms with Gasteiger partial charge in [-0.25, -0.2) is 9.97 Å². The van der Waals surface area contributed by atoms with Gasteiger partial charge in [-0.05, 0) is 79.4 Å². The lowest BCUT2D eigenvalue weighted by Gasteiger charge is -2.60. The first-order valence-electron chi connectivity index (χ1n) is 13.6. The summed E-state index contributed by atoms with van der Waals surface area (Å²) in [6.45, 7) is 4.78. The molecule has 1 heterocycles. The molecular formula is C29H37N5O3S. The molecule has 0 saturated heterocycles. The van der Waals surface area contributed by atoms with E-state index in [9.17, 15) is 15.0 Å². The number of thioether (sulfide) groups is 1. The highest BCUT2D eigenvalue weighted by Crippen LogP contribution is 2.68. The summed E-state index contributed by atoms with van der Waals surface area (Å²) in [5, 5.41) is 44.5. The van der Waals surface area contributed by atoms with Gasteiger partial charge in [0, 0.05) is 36.3 Å². The predicted octanol–water partition coefficient (Wildman–Crippen LogP) is 3.82. The number of ketones is 1. The average molecular weight is 536 g/mol. The van der Waals surface area contributed by atoms with Gasteiger partial charge in [0.1, 0.15) is 5.60 Å². The molecule has 0 bridgehead atoms. The number of allylic oxidation sites excluding steroid dienone is 3. The molecule has 0 amide bonds. The largest absolute Gasteiger partial charge is 0.393 e. The van der Waals surface area contributed by atoms with E-state index in [4.69, 9.17) is 10.7 Å². The van der Waals surface area contributed by atoms with Crippen LogP contribution in [0.15, 0.2) is 46.5 Å². The molecule has 1 aromatic rings. The summed E-state index contributed by atoms with van der Waals surface area (Å²) in [7, 11) is 0. The third-order valence-electron chi connectivity index (χ3n) is 10.1. The first-order chi connectivity index (χ1) is 18.2. The lowest BCUT2D eigenvalue weighted by atomic mass is 9.45. The molecule has 7 atom stereocenters. The molecule has 3 saturated carbocycles. The van der Waals surface area contributed by atoms with Crippen LogP contribution in [-0.2, 0) is 4.79 Å². The number of aliphatic hydroxyl groups is 2. The number of hydrogen-bond donors (Lipinski definition) is 4. The summed E-state index contributed by atoms with van der Waals surface area (Å²) < 4.78 is 0. The minimum absolute atomic E-state index is 0.000675. The molecule has 0 spiro atoms. The zero-order valence-corrected chi connectivity index (χ0v) is 22.9. The minimum Gasteiger partial charge on any atom is -0.393 e. The topological polar surface area (TPSA) is 143 Å². The molecule has 3 fully saturated rings. The van der Waals surface area contributed by atoms with Gasteiger partial charge >= 0.3 is 0 Å². The molecule has 4 N–H and O–H groups in total. The van der Waals surface area contributed by atoms with E-state index in [2.05, 4.69) is 34.4 Å². The first-order valence-corrected chi connectivity index (χ1v) is 14.6. The minimum atomic E-state index is -1.48. The Labute approximate surface area is 228 Å². The number of aliphatic hydroxyl groups excluding tert-OH is 1. The molecule has 5 rings (SSSR count). The van der Waals surface area contributed by atoms with Crippen molar-refractivity contribution in [2.75, 3.05) is 12.3 Å². The van der Waals surface area contributed by atoms with Crippen molar-refractivity contribution in [2.45, 2.75) is 75.7 Å². The fourth-order valence-corrected chi connectivity index (χ4v) is 9.09. The summed E-state index contributed by atoms with van der Waals surface area (Å²) in [6.07, 6.45) is 10.6. The fourth-order valence-electron chi connectivity index (χ4n) is 8.32. The first kappa shape index (κ1) is 27.0. The van der Waals surface area contributed by atoms with Gasteiger partial charge in [-0.3, -0.25) is 4.79 Å². The molecule has 0 radical (unpaired) electrons. The van der Waals surface area contributed by atoms with Gasteiger partial charge in [0.05, 0.1) is 24.3 Å². The lowest BCUT2D eigenvalue weighted by Crippen LogP contribution is -2.62. The fraction of sp³-hybridized carbons (Fsp3) is 0.621. The van der Waals surface area contributed by atoms with Crippen molar-refractivity contribution >= 4 is 23.8 Å². The summed E-state index contributed by atoms with van der Waals surface area (Å²) in [5.74, 6) is 0.238. The van der Waals surface area contributed by atoms with Crippen LogP contribution in [0.5, 0.6) is 0 Å². The van der Waals surface area contributed by atoms with E-state index in [1.165, 1.54) is 23.5 Å². The van der Waals surface area contributed by atoms with E-state index in [0.717, 1.165) is 30.5 Å². The van der Waals surface area contributed by atoms with Gasteiger partial charge < -0.3 is 20.9 Å². The van der Waals surface area contributed by atoms with Crippen LogP contribution in [0.3, 0.4) is 0 Å². The molecule has 4 aliphatic rings. The van der Waals surface area contributed by atoms with Crippen LogP contribution in [-0.4, -0.2) is 56.2 Å². The Morgan fingerprint density at radius 1 is 1.34 bits per heavy atom. The quantitative estimate of drug-likeness (QED) is 0.170. The maximum atomic E-state index is 13.5. The Kier molecular flexibility index (Phi) is 7.27. The number of fused-ring (bicyclic) bond motifs is 5. The van der Waals surface area contributed by atoms with Crippen LogP contribution in [0.4, 0.5) is 0 Å². The molecule has 202 valence electrons. The number of rotatable bonds is 8. The lowest BCUT2D eigenvalue weighted by molar-refractivity contribution is -0.177. The van der Waals surface area contributed by atoms with Gasteiger partial charge in [0.2, 0.25) is 0 Å². The second kappa shape index (κ2) is 10.2. The van der Waals surface area contributed by atoms with Crippen LogP contribution in [0.25, 0.3) is 0 Å². The smallest absolute Gasteiger partial charge is 0.187 e. The SMILES string of the molecule is CC12CC(C=N)=C(NCCC#N)C=C1CCC1C2[C@@H](O)CC2(C)C1CC[C@]2(O)C(=O)CSc1ncccn1. The normalized spacial score (nSPS) is 37.8. The maximum Gasteiger partial charge on any atom is 0.187 e. The van der Waals surface area contributed by atoms with Crippen molar-refractivity contribution in [2.24, 2.45) is 28.6 Å². The monoisotopic (exact) mass is 535 g/mol. The van der Waals surface area contributed by atoms with Gasteiger partial charge in [0.25, 0.3) is 0 Å². The predicted molar refractivity (Wildman–Crippen MR) is 145 cm³/mol.